The van der Waals surface area contributed by atoms with E-state index in [9.17, 15) is 9.59 Å². The minimum atomic E-state index is -2.92. The molecule has 11 heteroatoms. The molecule has 0 rings (SSSR count). The quantitative estimate of drug-likeness (QED) is 0.175. The van der Waals surface area contributed by atoms with Crippen LogP contribution < -0.4 is 104 Å². The maximum atomic E-state index is 9.77. The molecule has 0 fully saturated rings. The molecule has 0 aliphatic heterocycles. The molecular formula is C2BI2Na3O5. The average molecular weight is 438 g/mol. The van der Waals surface area contributed by atoms with E-state index >= 15 is 0 Å². The van der Waals surface area contributed by atoms with Gasteiger partial charge in [-0.3, -0.25) is 16.9 Å². The largest absolute Gasteiger partial charge is 1.00 e. The summed E-state index contributed by atoms with van der Waals surface area (Å²) in [6.45, 7) is 0. The van der Waals surface area contributed by atoms with Gasteiger partial charge in [-0.05, 0) is 0 Å². The molecule has 0 bridgehead atoms. The summed E-state index contributed by atoms with van der Waals surface area (Å²) in [5, 5.41) is 25.2. The molecule has 0 amide bonds. The summed E-state index contributed by atoms with van der Waals surface area (Å²) in [6, 6.07) is 0. The molecule has 0 atom stereocenters. The molecule has 58 valence electrons. The summed E-state index contributed by atoms with van der Waals surface area (Å²) < 4.78 is -0.846. The van der Waals surface area contributed by atoms with Crippen LogP contribution >= 0.6 is 45.2 Å². The van der Waals surface area contributed by atoms with E-state index in [4.69, 9.17) is 15.1 Å². The molecule has 0 aromatic heterocycles. The van der Waals surface area contributed by atoms with Gasteiger partial charge in [-0.25, -0.2) is 0 Å². The fourth-order valence-corrected chi connectivity index (χ4v) is 0. The Morgan fingerprint density at radius 1 is 0.846 bits per heavy atom. The smallest absolute Gasteiger partial charge is 0.907 e. The predicted octanol–water partition coefficient (Wildman–Crippen LogP) is -12.0. The van der Waals surface area contributed by atoms with E-state index in [2.05, 4.69) is 0 Å². The fraction of sp³-hybridized carbons (Fsp3) is 0. The second kappa shape index (κ2) is 21.1. The number of rotatable bonds is 1. The second-order valence-corrected chi connectivity index (χ2v) is 2.80. The van der Waals surface area contributed by atoms with Crippen LogP contribution in [0.15, 0.2) is 0 Å². The fourth-order valence-electron chi connectivity index (χ4n) is 0. The van der Waals surface area contributed by atoms with E-state index in [1.165, 1.54) is 45.2 Å². The molecule has 0 saturated carbocycles. The number of carbonyl (C=O) groups is 2. The van der Waals surface area contributed by atoms with Crippen molar-refractivity contribution in [2.45, 2.75) is 0 Å². The van der Waals surface area contributed by atoms with Gasteiger partial charge in [0.1, 0.15) is 0 Å². The van der Waals surface area contributed by atoms with Crippen molar-refractivity contribution < 1.29 is 113 Å². The van der Waals surface area contributed by atoms with Gasteiger partial charge in [-0.1, -0.05) is 0 Å². The SMILES string of the molecule is O=C(I)C(=O)I.[Na+].[Na+].[Na+].[O-]B([O-])[O-]. The molecule has 13 heavy (non-hydrogen) atoms. The van der Waals surface area contributed by atoms with E-state index in [1.54, 1.807) is 0 Å². The van der Waals surface area contributed by atoms with Crippen molar-refractivity contribution in [3.63, 3.8) is 0 Å². The van der Waals surface area contributed by atoms with Crippen LogP contribution in [0.2, 0.25) is 0 Å². The van der Waals surface area contributed by atoms with Gasteiger partial charge in [0, 0.05) is 45.2 Å². The van der Waals surface area contributed by atoms with E-state index in [0.29, 0.717) is 0 Å². The van der Waals surface area contributed by atoms with Crippen molar-refractivity contribution in [3.05, 3.63) is 0 Å². The normalized spacial score (nSPS) is 5.62. The van der Waals surface area contributed by atoms with Crippen molar-refractivity contribution in [2.75, 3.05) is 0 Å². The van der Waals surface area contributed by atoms with Gasteiger partial charge in [0.25, 0.3) is 7.58 Å². The third-order valence-electron chi connectivity index (χ3n) is 0.155. The summed E-state index contributed by atoms with van der Waals surface area (Å²) in [5.74, 6) is 0. The van der Waals surface area contributed by atoms with Gasteiger partial charge in [0.2, 0.25) is 0 Å². The number of hydrogen-bond donors (Lipinski definition) is 0. The summed E-state index contributed by atoms with van der Waals surface area (Å²) in [4.78, 5) is 19.5. The van der Waals surface area contributed by atoms with Gasteiger partial charge in [-0.2, -0.15) is 0 Å². The number of hydrogen-bond acceptors (Lipinski definition) is 5. The van der Waals surface area contributed by atoms with Crippen LogP contribution in [-0.2, 0) is 9.59 Å². The second-order valence-electron chi connectivity index (χ2n) is 0.836. The third kappa shape index (κ3) is 49.6. The maximum Gasteiger partial charge on any atom is 1.00 e. The standard InChI is InChI=1S/C2I2O2.BO3.3Na/c3-1(5)2(4)6;2-1(3)4;;;/q;-3;3*+1. The molecule has 0 aliphatic rings. The molecule has 0 aliphatic carbocycles. The van der Waals surface area contributed by atoms with Gasteiger partial charge in [-0.15, -0.1) is 0 Å². The third-order valence-corrected chi connectivity index (χ3v) is 2.17. The van der Waals surface area contributed by atoms with E-state index in [1.807, 2.05) is 0 Å². The zero-order valence-corrected chi connectivity index (χ0v) is 17.7. The van der Waals surface area contributed by atoms with Crippen molar-refractivity contribution >= 4 is 60.1 Å². The average Bonchev–Trinajstić information content (AvgIpc) is 1.63. The first-order valence-corrected chi connectivity index (χ1v) is 3.90. The Morgan fingerprint density at radius 3 is 0.923 bits per heavy atom. The first-order chi connectivity index (χ1) is 4.37. The van der Waals surface area contributed by atoms with Crippen LogP contribution in [-0.4, -0.2) is 14.9 Å². The Kier molecular flexibility index (Phi) is 48.8. The zero-order chi connectivity index (χ0) is 8.73. The van der Waals surface area contributed by atoms with Crippen LogP contribution in [0.5, 0.6) is 0 Å². The molecule has 0 heterocycles. The van der Waals surface area contributed by atoms with Gasteiger partial charge < -0.3 is 15.1 Å². The van der Waals surface area contributed by atoms with Gasteiger partial charge in [0.05, 0.1) is 0 Å². The van der Waals surface area contributed by atoms with E-state index in [-0.39, 0.29) is 88.7 Å². The van der Waals surface area contributed by atoms with E-state index < -0.39 is 14.9 Å². The molecule has 0 spiro atoms. The maximum absolute atomic E-state index is 9.77. The summed E-state index contributed by atoms with van der Waals surface area (Å²) in [5.41, 5.74) is 0. The summed E-state index contributed by atoms with van der Waals surface area (Å²) in [6.07, 6.45) is 0. The van der Waals surface area contributed by atoms with Crippen LogP contribution in [0, 0.1) is 0 Å². The molecule has 5 nitrogen and oxygen atoms in total. The van der Waals surface area contributed by atoms with Crippen LogP contribution in [0.1, 0.15) is 0 Å². The summed E-state index contributed by atoms with van der Waals surface area (Å²) >= 11 is 2.87. The van der Waals surface area contributed by atoms with E-state index in [0.717, 1.165) is 0 Å². The first-order valence-electron chi connectivity index (χ1n) is 1.74. The first kappa shape index (κ1) is 30.1. The van der Waals surface area contributed by atoms with Crippen molar-refractivity contribution in [3.8, 4) is 0 Å². The molecule has 0 unspecified atom stereocenters. The van der Waals surface area contributed by atoms with Crippen LogP contribution in [0.25, 0.3) is 0 Å². The van der Waals surface area contributed by atoms with Crippen molar-refractivity contribution in [1.29, 1.82) is 0 Å². The van der Waals surface area contributed by atoms with Crippen LogP contribution in [0.3, 0.4) is 0 Å². The Morgan fingerprint density at radius 2 is 0.923 bits per heavy atom. The Hall–Kier alpha value is 3.74. The molecule has 0 aromatic carbocycles. The topological polar surface area (TPSA) is 103 Å². The van der Waals surface area contributed by atoms with Crippen LogP contribution in [0.4, 0.5) is 0 Å². The molecule has 0 radical (unpaired) electrons. The van der Waals surface area contributed by atoms with Gasteiger partial charge >= 0.3 is 88.7 Å². The molecule has 0 saturated heterocycles. The zero-order valence-electron chi connectivity index (χ0n) is 7.37. The monoisotopic (exact) mass is 438 g/mol. The number of halogens is 2. The van der Waals surface area contributed by atoms with Gasteiger partial charge in [0.15, 0.2) is 0 Å². The predicted molar refractivity (Wildman–Crippen MR) is 43.8 cm³/mol. The Bertz CT molecular complexity index is 120. The Labute approximate surface area is 170 Å². The molecule has 0 N–H and O–H groups in total. The molecule has 0 aromatic rings. The summed E-state index contributed by atoms with van der Waals surface area (Å²) in [7, 11) is -2.92. The molecular weight excluding hydrogens is 438 g/mol. The van der Waals surface area contributed by atoms with Crippen molar-refractivity contribution in [2.24, 2.45) is 0 Å². The number of carbonyl (C=O) groups excluding carboxylic acids is 2. The minimum Gasteiger partial charge on any atom is -0.907 e. The minimum absolute atomic E-state index is 0. The Balaban J connectivity index is -0.0000000279. The van der Waals surface area contributed by atoms with Crippen molar-refractivity contribution in [1.82, 2.24) is 0 Å².